The van der Waals surface area contributed by atoms with Crippen molar-refractivity contribution < 1.29 is 4.74 Å². The third-order valence-electron chi connectivity index (χ3n) is 4.70. The molecule has 3 nitrogen and oxygen atoms in total. The lowest BCUT2D eigenvalue weighted by atomic mass is 9.88. The molecule has 0 radical (unpaired) electrons. The molecular weight excluding hydrogens is 212 g/mol. The summed E-state index contributed by atoms with van der Waals surface area (Å²) in [5.41, 5.74) is 0. The summed E-state index contributed by atoms with van der Waals surface area (Å²) in [4.78, 5) is 2.67. The number of piperazine rings is 1. The molecule has 98 valence electrons. The second kappa shape index (κ2) is 5.25. The van der Waals surface area contributed by atoms with Crippen molar-refractivity contribution in [3.63, 3.8) is 0 Å². The third kappa shape index (κ3) is 2.67. The van der Waals surface area contributed by atoms with Crippen molar-refractivity contribution in [2.24, 2.45) is 5.92 Å². The fraction of sp³-hybridized carbons (Fsp3) is 1.00. The molecule has 0 saturated carbocycles. The fourth-order valence-electron chi connectivity index (χ4n) is 3.87. The number of fused-ring (bicyclic) bond motifs is 2. The Kier molecular flexibility index (Phi) is 3.69. The first kappa shape index (κ1) is 11.9. The number of hydrogen-bond donors (Lipinski definition) is 1. The van der Waals surface area contributed by atoms with E-state index >= 15 is 0 Å². The van der Waals surface area contributed by atoms with Crippen molar-refractivity contribution in [3.05, 3.63) is 0 Å². The van der Waals surface area contributed by atoms with Crippen LogP contribution in [0.15, 0.2) is 0 Å². The molecule has 4 atom stereocenters. The standard InChI is InChI=1S/C14H26N2O/c1-2-3-12-10-16(7-6-15-12)9-11-8-13-4-5-14(11)17-13/h11-15H,2-10H2,1H3. The van der Waals surface area contributed by atoms with Crippen molar-refractivity contribution in [2.45, 2.75) is 57.3 Å². The Bertz CT molecular complexity index is 257. The minimum atomic E-state index is 0.597. The van der Waals surface area contributed by atoms with Crippen LogP contribution in [0.5, 0.6) is 0 Å². The van der Waals surface area contributed by atoms with Gasteiger partial charge in [0.15, 0.2) is 0 Å². The minimum Gasteiger partial charge on any atom is -0.375 e. The summed E-state index contributed by atoms with van der Waals surface area (Å²) in [5, 5.41) is 3.64. The Morgan fingerprint density at radius 3 is 3.00 bits per heavy atom. The monoisotopic (exact) mass is 238 g/mol. The van der Waals surface area contributed by atoms with Crippen LogP contribution in [-0.2, 0) is 4.74 Å². The SMILES string of the molecule is CCCC1CN(CC2CC3CCC2O3)CCN1. The van der Waals surface area contributed by atoms with E-state index in [1.54, 1.807) is 0 Å². The van der Waals surface area contributed by atoms with Crippen molar-refractivity contribution in [3.8, 4) is 0 Å². The highest BCUT2D eigenvalue weighted by atomic mass is 16.5. The van der Waals surface area contributed by atoms with Gasteiger partial charge in [0.05, 0.1) is 12.2 Å². The summed E-state index contributed by atoms with van der Waals surface area (Å²) < 4.78 is 5.96. The number of ether oxygens (including phenoxy) is 1. The van der Waals surface area contributed by atoms with E-state index in [0.717, 1.165) is 12.0 Å². The normalized spacial score (nSPS) is 42.2. The van der Waals surface area contributed by atoms with Gasteiger partial charge in [0.25, 0.3) is 0 Å². The maximum Gasteiger partial charge on any atom is 0.0621 e. The van der Waals surface area contributed by atoms with E-state index in [9.17, 15) is 0 Å². The molecule has 17 heavy (non-hydrogen) atoms. The van der Waals surface area contributed by atoms with Crippen LogP contribution < -0.4 is 5.32 Å². The summed E-state index contributed by atoms with van der Waals surface area (Å²) in [6.07, 6.45) is 7.79. The zero-order valence-electron chi connectivity index (χ0n) is 11.0. The largest absolute Gasteiger partial charge is 0.375 e. The van der Waals surface area contributed by atoms with Crippen LogP contribution in [-0.4, -0.2) is 49.3 Å². The van der Waals surface area contributed by atoms with E-state index in [2.05, 4.69) is 17.1 Å². The van der Waals surface area contributed by atoms with E-state index in [1.165, 1.54) is 58.3 Å². The van der Waals surface area contributed by atoms with Crippen LogP contribution in [0, 0.1) is 5.92 Å². The van der Waals surface area contributed by atoms with E-state index in [1.807, 2.05) is 0 Å². The molecule has 1 N–H and O–H groups in total. The summed E-state index contributed by atoms with van der Waals surface area (Å²) in [6.45, 7) is 7.22. The molecule has 0 aromatic carbocycles. The fourth-order valence-corrected chi connectivity index (χ4v) is 3.87. The maximum absolute atomic E-state index is 5.96. The van der Waals surface area contributed by atoms with Crippen LogP contribution in [0.2, 0.25) is 0 Å². The highest BCUT2D eigenvalue weighted by Gasteiger charge is 2.41. The highest BCUT2D eigenvalue weighted by molar-refractivity contribution is 4.92. The molecule has 2 bridgehead atoms. The van der Waals surface area contributed by atoms with Gasteiger partial charge in [0, 0.05) is 38.1 Å². The average molecular weight is 238 g/mol. The van der Waals surface area contributed by atoms with E-state index in [-0.39, 0.29) is 0 Å². The third-order valence-corrected chi connectivity index (χ3v) is 4.70. The molecule has 3 saturated heterocycles. The minimum absolute atomic E-state index is 0.597. The predicted molar refractivity (Wildman–Crippen MR) is 69.1 cm³/mol. The molecule has 3 heteroatoms. The van der Waals surface area contributed by atoms with Gasteiger partial charge >= 0.3 is 0 Å². The molecule has 0 spiro atoms. The highest BCUT2D eigenvalue weighted by Crippen LogP contribution is 2.39. The van der Waals surface area contributed by atoms with Crippen LogP contribution in [0.1, 0.15) is 39.0 Å². The summed E-state index contributed by atoms with van der Waals surface area (Å²) in [6, 6.07) is 0.730. The predicted octanol–water partition coefficient (Wildman–Crippen LogP) is 1.63. The van der Waals surface area contributed by atoms with Crippen LogP contribution >= 0.6 is 0 Å². The quantitative estimate of drug-likeness (QED) is 0.805. The van der Waals surface area contributed by atoms with Crippen molar-refractivity contribution in [1.29, 1.82) is 0 Å². The second-order valence-electron chi connectivity index (χ2n) is 6.07. The lowest BCUT2D eigenvalue weighted by molar-refractivity contribution is 0.0793. The molecular formula is C14H26N2O. The molecule has 3 aliphatic rings. The van der Waals surface area contributed by atoms with Crippen molar-refractivity contribution in [2.75, 3.05) is 26.2 Å². The zero-order chi connectivity index (χ0) is 11.7. The molecule has 0 aromatic heterocycles. The van der Waals surface area contributed by atoms with E-state index in [4.69, 9.17) is 4.74 Å². The lowest BCUT2D eigenvalue weighted by Gasteiger charge is -2.36. The first-order chi connectivity index (χ1) is 8.35. The number of nitrogens with one attached hydrogen (secondary N) is 1. The van der Waals surface area contributed by atoms with Gasteiger partial charge in [0.1, 0.15) is 0 Å². The van der Waals surface area contributed by atoms with Gasteiger partial charge in [-0.1, -0.05) is 13.3 Å². The van der Waals surface area contributed by atoms with Gasteiger partial charge in [-0.15, -0.1) is 0 Å². The first-order valence-corrected chi connectivity index (χ1v) is 7.46. The Morgan fingerprint density at radius 2 is 2.29 bits per heavy atom. The van der Waals surface area contributed by atoms with Crippen LogP contribution in [0.3, 0.4) is 0 Å². The molecule has 3 fully saturated rings. The van der Waals surface area contributed by atoms with Gasteiger partial charge in [-0.2, -0.15) is 0 Å². The summed E-state index contributed by atoms with van der Waals surface area (Å²) in [5.74, 6) is 0.828. The molecule has 3 heterocycles. The van der Waals surface area contributed by atoms with Gasteiger partial charge in [-0.3, -0.25) is 0 Å². The van der Waals surface area contributed by atoms with Gasteiger partial charge in [-0.25, -0.2) is 0 Å². The summed E-state index contributed by atoms with van der Waals surface area (Å²) >= 11 is 0. The lowest BCUT2D eigenvalue weighted by Crippen LogP contribution is -2.52. The topological polar surface area (TPSA) is 24.5 Å². The Labute approximate surface area is 105 Å². The maximum atomic E-state index is 5.96. The average Bonchev–Trinajstić information content (AvgIpc) is 2.92. The first-order valence-electron chi connectivity index (χ1n) is 7.46. The van der Waals surface area contributed by atoms with Gasteiger partial charge < -0.3 is 15.0 Å². The van der Waals surface area contributed by atoms with Crippen LogP contribution in [0.25, 0.3) is 0 Å². The Morgan fingerprint density at radius 1 is 1.35 bits per heavy atom. The molecule has 3 rings (SSSR count). The molecule has 0 aliphatic carbocycles. The number of hydrogen-bond acceptors (Lipinski definition) is 3. The van der Waals surface area contributed by atoms with Crippen molar-refractivity contribution >= 4 is 0 Å². The van der Waals surface area contributed by atoms with E-state index < -0.39 is 0 Å². The van der Waals surface area contributed by atoms with Gasteiger partial charge in [0.2, 0.25) is 0 Å². The Balaban J connectivity index is 1.48. The second-order valence-corrected chi connectivity index (χ2v) is 6.07. The van der Waals surface area contributed by atoms with E-state index in [0.29, 0.717) is 12.2 Å². The molecule has 4 unspecified atom stereocenters. The zero-order valence-corrected chi connectivity index (χ0v) is 11.0. The van der Waals surface area contributed by atoms with Gasteiger partial charge in [-0.05, 0) is 25.7 Å². The summed E-state index contributed by atoms with van der Waals surface area (Å²) in [7, 11) is 0. The molecule has 3 aliphatic heterocycles. The number of rotatable bonds is 4. The smallest absolute Gasteiger partial charge is 0.0621 e. The van der Waals surface area contributed by atoms with Crippen molar-refractivity contribution in [1.82, 2.24) is 10.2 Å². The Hall–Kier alpha value is -0.120. The molecule has 0 aromatic rings. The van der Waals surface area contributed by atoms with Crippen LogP contribution in [0.4, 0.5) is 0 Å². The number of nitrogens with zero attached hydrogens (tertiary/aromatic N) is 1. The molecule has 0 amide bonds.